The Hall–Kier alpha value is -0.770. The number of carbonyl (C=O) groups is 1. The van der Waals surface area contributed by atoms with Crippen LogP contribution < -0.4 is 5.32 Å². The molecular formula is C11H22N2O2. The molecule has 1 rings (SSSR count). The van der Waals surface area contributed by atoms with Gasteiger partial charge < -0.3 is 15.0 Å². The summed E-state index contributed by atoms with van der Waals surface area (Å²) in [6.07, 6.45) is -0.179. The van der Waals surface area contributed by atoms with Gasteiger partial charge in [-0.05, 0) is 12.0 Å². The number of rotatable bonds is 4. The first kappa shape index (κ1) is 12.3. The summed E-state index contributed by atoms with van der Waals surface area (Å²) in [6, 6.07) is 0.313. The van der Waals surface area contributed by atoms with Crippen LogP contribution in [0.4, 0.5) is 4.79 Å². The number of nitrogens with zero attached hydrogens (tertiary/aromatic N) is 1. The summed E-state index contributed by atoms with van der Waals surface area (Å²) in [5.74, 6) is 0. The predicted molar refractivity (Wildman–Crippen MR) is 59.8 cm³/mol. The second-order valence-electron chi connectivity index (χ2n) is 5.04. The fourth-order valence-electron chi connectivity index (χ4n) is 1.70. The Morgan fingerprint density at radius 3 is 2.60 bits per heavy atom. The number of nitrogens with one attached hydrogen (secondary N) is 1. The summed E-state index contributed by atoms with van der Waals surface area (Å²) in [5.41, 5.74) is 0.152. The average Bonchev–Trinajstić information content (AvgIpc) is 2.49. The average molecular weight is 214 g/mol. The Bertz CT molecular complexity index is 223. The minimum Gasteiger partial charge on any atom is -0.448 e. The van der Waals surface area contributed by atoms with E-state index in [2.05, 4.69) is 33.0 Å². The quantitative estimate of drug-likeness (QED) is 0.770. The molecule has 0 spiro atoms. The van der Waals surface area contributed by atoms with Gasteiger partial charge in [0.2, 0.25) is 0 Å². The third kappa shape index (κ3) is 3.38. The Morgan fingerprint density at radius 1 is 1.53 bits per heavy atom. The van der Waals surface area contributed by atoms with Crippen molar-refractivity contribution in [1.29, 1.82) is 0 Å². The molecule has 1 heterocycles. The Labute approximate surface area is 92.0 Å². The first-order chi connectivity index (χ1) is 6.95. The molecule has 1 saturated heterocycles. The highest BCUT2D eigenvalue weighted by atomic mass is 16.6. The van der Waals surface area contributed by atoms with Crippen LogP contribution in [-0.4, -0.2) is 43.3 Å². The number of carbonyl (C=O) groups excluding carboxylic acids is 1. The molecule has 4 heteroatoms. The van der Waals surface area contributed by atoms with Crippen LogP contribution in [0.1, 0.15) is 27.7 Å². The van der Waals surface area contributed by atoms with Gasteiger partial charge >= 0.3 is 6.09 Å². The molecule has 88 valence electrons. The summed E-state index contributed by atoms with van der Waals surface area (Å²) >= 11 is 0. The fraction of sp³-hybridized carbons (Fsp3) is 0.909. The van der Waals surface area contributed by atoms with Gasteiger partial charge in [0.15, 0.2) is 0 Å². The smallest absolute Gasteiger partial charge is 0.409 e. The van der Waals surface area contributed by atoms with Gasteiger partial charge in [0.1, 0.15) is 6.61 Å². The Balaban J connectivity index is 2.54. The molecule has 1 atom stereocenters. The SMILES string of the molecule is CCNC(CN1CCOC1=O)C(C)(C)C. The molecule has 0 saturated carbocycles. The van der Waals surface area contributed by atoms with Gasteiger partial charge in [-0.2, -0.15) is 0 Å². The fourth-order valence-corrected chi connectivity index (χ4v) is 1.70. The zero-order valence-corrected chi connectivity index (χ0v) is 10.2. The van der Waals surface area contributed by atoms with Crippen molar-refractivity contribution < 1.29 is 9.53 Å². The standard InChI is InChI=1S/C11H22N2O2/c1-5-12-9(11(2,3)4)8-13-6-7-15-10(13)14/h9,12H,5-8H2,1-4H3. The number of amides is 1. The van der Waals surface area contributed by atoms with Gasteiger partial charge in [0.05, 0.1) is 6.54 Å². The van der Waals surface area contributed by atoms with Gasteiger partial charge in [-0.25, -0.2) is 4.79 Å². The van der Waals surface area contributed by atoms with E-state index in [-0.39, 0.29) is 11.5 Å². The van der Waals surface area contributed by atoms with Crippen molar-refractivity contribution in [2.24, 2.45) is 5.41 Å². The lowest BCUT2D eigenvalue weighted by Gasteiger charge is -2.33. The monoisotopic (exact) mass is 214 g/mol. The number of likely N-dealkylation sites (N-methyl/N-ethyl adjacent to an activating group) is 1. The molecule has 1 aliphatic heterocycles. The molecule has 1 amide bonds. The van der Waals surface area contributed by atoms with Gasteiger partial charge in [-0.3, -0.25) is 0 Å². The highest BCUT2D eigenvalue weighted by molar-refractivity contribution is 5.69. The first-order valence-corrected chi connectivity index (χ1v) is 5.60. The normalized spacial score (nSPS) is 19.2. The number of hydrogen-bond donors (Lipinski definition) is 1. The first-order valence-electron chi connectivity index (χ1n) is 5.60. The van der Waals surface area contributed by atoms with E-state index in [0.717, 1.165) is 19.6 Å². The van der Waals surface area contributed by atoms with Gasteiger partial charge in [0, 0.05) is 12.6 Å². The maximum absolute atomic E-state index is 11.3. The summed E-state index contributed by atoms with van der Waals surface area (Å²) in [6.45, 7) is 11.5. The van der Waals surface area contributed by atoms with Crippen molar-refractivity contribution >= 4 is 6.09 Å². The van der Waals surface area contributed by atoms with Crippen molar-refractivity contribution in [3.63, 3.8) is 0 Å². The zero-order valence-electron chi connectivity index (χ0n) is 10.2. The van der Waals surface area contributed by atoms with Crippen molar-refractivity contribution in [2.45, 2.75) is 33.7 Å². The lowest BCUT2D eigenvalue weighted by Crippen LogP contribution is -2.48. The molecule has 1 unspecified atom stereocenters. The van der Waals surface area contributed by atoms with Crippen LogP contribution in [0.5, 0.6) is 0 Å². The molecule has 1 fully saturated rings. The highest BCUT2D eigenvalue weighted by Crippen LogP contribution is 2.21. The van der Waals surface area contributed by atoms with E-state index in [1.165, 1.54) is 0 Å². The minimum atomic E-state index is -0.179. The van der Waals surface area contributed by atoms with Crippen LogP contribution in [0.15, 0.2) is 0 Å². The Morgan fingerprint density at radius 2 is 2.20 bits per heavy atom. The second-order valence-corrected chi connectivity index (χ2v) is 5.04. The van der Waals surface area contributed by atoms with Gasteiger partial charge in [0.25, 0.3) is 0 Å². The van der Waals surface area contributed by atoms with Crippen molar-refractivity contribution in [1.82, 2.24) is 10.2 Å². The lowest BCUT2D eigenvalue weighted by molar-refractivity contribution is 0.146. The number of cyclic esters (lactones) is 1. The molecule has 0 aromatic rings. The third-order valence-corrected chi connectivity index (χ3v) is 2.74. The largest absolute Gasteiger partial charge is 0.448 e. The second kappa shape index (κ2) is 4.84. The van der Waals surface area contributed by atoms with Crippen LogP contribution in [0, 0.1) is 5.41 Å². The molecule has 0 aromatic carbocycles. The molecule has 15 heavy (non-hydrogen) atoms. The highest BCUT2D eigenvalue weighted by Gasteiger charge is 2.30. The van der Waals surface area contributed by atoms with Crippen LogP contribution >= 0.6 is 0 Å². The molecule has 1 aliphatic rings. The van der Waals surface area contributed by atoms with Crippen molar-refractivity contribution in [2.75, 3.05) is 26.2 Å². The van der Waals surface area contributed by atoms with E-state index in [9.17, 15) is 4.79 Å². The molecule has 4 nitrogen and oxygen atoms in total. The summed E-state index contributed by atoms with van der Waals surface area (Å²) in [7, 11) is 0. The summed E-state index contributed by atoms with van der Waals surface area (Å²) < 4.78 is 4.92. The molecule has 0 radical (unpaired) electrons. The van der Waals surface area contributed by atoms with E-state index in [0.29, 0.717) is 12.6 Å². The van der Waals surface area contributed by atoms with Crippen LogP contribution in [-0.2, 0) is 4.74 Å². The molecule has 0 bridgehead atoms. The van der Waals surface area contributed by atoms with Crippen LogP contribution in [0.2, 0.25) is 0 Å². The lowest BCUT2D eigenvalue weighted by atomic mass is 9.86. The predicted octanol–water partition coefficient (Wildman–Crippen LogP) is 1.46. The third-order valence-electron chi connectivity index (χ3n) is 2.74. The topological polar surface area (TPSA) is 41.6 Å². The Kier molecular flexibility index (Phi) is 3.97. The molecule has 0 aliphatic carbocycles. The number of ether oxygens (including phenoxy) is 1. The molecular weight excluding hydrogens is 192 g/mol. The van der Waals surface area contributed by atoms with Crippen LogP contribution in [0.3, 0.4) is 0 Å². The van der Waals surface area contributed by atoms with E-state index in [1.54, 1.807) is 4.90 Å². The zero-order chi connectivity index (χ0) is 11.5. The van der Waals surface area contributed by atoms with Gasteiger partial charge in [-0.15, -0.1) is 0 Å². The van der Waals surface area contributed by atoms with E-state index >= 15 is 0 Å². The van der Waals surface area contributed by atoms with Gasteiger partial charge in [-0.1, -0.05) is 27.7 Å². The van der Waals surface area contributed by atoms with E-state index in [1.807, 2.05) is 0 Å². The van der Waals surface area contributed by atoms with E-state index < -0.39 is 0 Å². The summed E-state index contributed by atoms with van der Waals surface area (Å²) in [5, 5.41) is 3.42. The summed E-state index contributed by atoms with van der Waals surface area (Å²) in [4.78, 5) is 13.1. The molecule has 1 N–H and O–H groups in total. The van der Waals surface area contributed by atoms with E-state index in [4.69, 9.17) is 4.74 Å². The van der Waals surface area contributed by atoms with Crippen molar-refractivity contribution in [3.8, 4) is 0 Å². The number of hydrogen-bond acceptors (Lipinski definition) is 3. The molecule has 0 aromatic heterocycles. The maximum atomic E-state index is 11.3. The van der Waals surface area contributed by atoms with Crippen molar-refractivity contribution in [3.05, 3.63) is 0 Å². The van der Waals surface area contributed by atoms with Crippen LogP contribution in [0.25, 0.3) is 0 Å². The minimum absolute atomic E-state index is 0.152. The maximum Gasteiger partial charge on any atom is 0.409 e.